The minimum atomic E-state index is -0.804. The molecule has 2 aliphatic rings. The second-order valence-electron chi connectivity index (χ2n) is 6.43. The van der Waals surface area contributed by atoms with Crippen LogP contribution in [0, 0.1) is 5.92 Å². The van der Waals surface area contributed by atoms with E-state index >= 15 is 0 Å². The Morgan fingerprint density at radius 1 is 1.27 bits per heavy atom. The topological polar surface area (TPSA) is 84.0 Å². The summed E-state index contributed by atoms with van der Waals surface area (Å²) in [5.74, 6) is -1.05. The van der Waals surface area contributed by atoms with Crippen molar-refractivity contribution in [2.24, 2.45) is 5.92 Å². The quantitative estimate of drug-likeness (QED) is 0.335. The van der Waals surface area contributed by atoms with Gasteiger partial charge in [-0.25, -0.2) is 4.90 Å². The lowest BCUT2D eigenvalue weighted by atomic mass is 10.2. The molecule has 1 aliphatic heterocycles. The first-order valence-corrected chi connectivity index (χ1v) is 8.49. The SMILES string of the molecule is C=CCN(C(=O)C1CC1)C1CC(=O)N(c2ccc(OC(C)=O)cc2)C1=O. The van der Waals surface area contributed by atoms with E-state index in [1.54, 1.807) is 6.08 Å². The second kappa shape index (κ2) is 7.11. The zero-order valence-corrected chi connectivity index (χ0v) is 14.5. The maximum absolute atomic E-state index is 12.8. The van der Waals surface area contributed by atoms with Gasteiger partial charge in [0.05, 0.1) is 12.1 Å². The van der Waals surface area contributed by atoms with E-state index in [0.29, 0.717) is 11.4 Å². The van der Waals surface area contributed by atoms with E-state index in [1.807, 2.05) is 0 Å². The van der Waals surface area contributed by atoms with Crippen molar-refractivity contribution in [3.63, 3.8) is 0 Å². The Morgan fingerprint density at radius 2 is 1.92 bits per heavy atom. The lowest BCUT2D eigenvalue weighted by Crippen LogP contribution is -2.46. The highest BCUT2D eigenvalue weighted by Gasteiger charge is 2.46. The largest absolute Gasteiger partial charge is 0.427 e. The summed E-state index contributed by atoms with van der Waals surface area (Å²) in [4.78, 5) is 51.3. The number of anilines is 1. The molecule has 2 fully saturated rings. The molecule has 1 aromatic rings. The van der Waals surface area contributed by atoms with Crippen LogP contribution in [-0.2, 0) is 19.2 Å². The number of imide groups is 1. The van der Waals surface area contributed by atoms with Gasteiger partial charge in [-0.1, -0.05) is 6.08 Å². The number of ether oxygens (including phenoxy) is 1. The fourth-order valence-corrected chi connectivity index (χ4v) is 3.03. The third kappa shape index (κ3) is 3.51. The van der Waals surface area contributed by atoms with E-state index < -0.39 is 17.9 Å². The van der Waals surface area contributed by atoms with Crippen molar-refractivity contribution in [1.82, 2.24) is 4.90 Å². The van der Waals surface area contributed by atoms with Crippen LogP contribution in [-0.4, -0.2) is 41.2 Å². The Labute approximate surface area is 151 Å². The highest BCUT2D eigenvalue weighted by atomic mass is 16.5. The van der Waals surface area contributed by atoms with Crippen LogP contribution in [0.2, 0.25) is 0 Å². The number of rotatable bonds is 6. The summed E-state index contributed by atoms with van der Waals surface area (Å²) in [6.45, 7) is 5.17. The third-order valence-corrected chi connectivity index (χ3v) is 4.39. The first-order chi connectivity index (χ1) is 12.4. The first-order valence-electron chi connectivity index (χ1n) is 8.49. The van der Waals surface area contributed by atoms with Crippen LogP contribution in [0.15, 0.2) is 36.9 Å². The summed E-state index contributed by atoms with van der Waals surface area (Å²) in [5, 5.41) is 0. The summed E-state index contributed by atoms with van der Waals surface area (Å²) in [5.41, 5.74) is 0.385. The Bertz CT molecular complexity index is 767. The Morgan fingerprint density at radius 3 is 2.46 bits per heavy atom. The van der Waals surface area contributed by atoms with Gasteiger partial charge in [0, 0.05) is 19.4 Å². The highest BCUT2D eigenvalue weighted by Crippen LogP contribution is 2.34. The maximum Gasteiger partial charge on any atom is 0.308 e. The van der Waals surface area contributed by atoms with Crippen molar-refractivity contribution in [2.45, 2.75) is 32.2 Å². The molecule has 7 heteroatoms. The number of amides is 3. The maximum atomic E-state index is 12.8. The molecule has 3 amide bonds. The molecule has 0 N–H and O–H groups in total. The van der Waals surface area contributed by atoms with Crippen molar-refractivity contribution in [1.29, 1.82) is 0 Å². The Kier molecular flexibility index (Phi) is 4.88. The molecule has 1 atom stereocenters. The number of esters is 1. The molecule has 0 aromatic heterocycles. The van der Waals surface area contributed by atoms with E-state index in [4.69, 9.17) is 4.74 Å². The van der Waals surface area contributed by atoms with E-state index in [-0.39, 0.29) is 30.7 Å². The molecule has 0 bridgehead atoms. The van der Waals surface area contributed by atoms with Gasteiger partial charge in [0.1, 0.15) is 11.8 Å². The number of benzene rings is 1. The van der Waals surface area contributed by atoms with Gasteiger partial charge >= 0.3 is 5.97 Å². The monoisotopic (exact) mass is 356 g/mol. The average Bonchev–Trinajstić information content (AvgIpc) is 3.39. The summed E-state index contributed by atoms with van der Waals surface area (Å²) in [7, 11) is 0. The highest BCUT2D eigenvalue weighted by molar-refractivity contribution is 6.23. The van der Waals surface area contributed by atoms with Crippen LogP contribution in [0.1, 0.15) is 26.2 Å². The molecule has 1 aromatic carbocycles. The number of carbonyl (C=O) groups excluding carboxylic acids is 4. The minimum absolute atomic E-state index is 0.0448. The smallest absolute Gasteiger partial charge is 0.308 e. The predicted molar refractivity (Wildman–Crippen MR) is 93.3 cm³/mol. The molecule has 3 rings (SSSR count). The van der Waals surface area contributed by atoms with Crippen LogP contribution in [0.4, 0.5) is 5.69 Å². The van der Waals surface area contributed by atoms with Gasteiger partial charge in [0.25, 0.3) is 5.91 Å². The average molecular weight is 356 g/mol. The van der Waals surface area contributed by atoms with Crippen molar-refractivity contribution >= 4 is 29.4 Å². The van der Waals surface area contributed by atoms with Crippen molar-refractivity contribution in [2.75, 3.05) is 11.4 Å². The number of nitrogens with zero attached hydrogens (tertiary/aromatic N) is 2. The van der Waals surface area contributed by atoms with E-state index in [9.17, 15) is 19.2 Å². The van der Waals surface area contributed by atoms with Gasteiger partial charge in [-0.15, -0.1) is 6.58 Å². The number of hydrogen-bond acceptors (Lipinski definition) is 5. The van der Waals surface area contributed by atoms with Crippen LogP contribution in [0.25, 0.3) is 0 Å². The molecule has 26 heavy (non-hydrogen) atoms. The zero-order valence-electron chi connectivity index (χ0n) is 14.5. The standard InChI is InChI=1S/C19H20N2O5/c1-3-10-20(18(24)13-4-5-13)16-11-17(23)21(19(16)25)14-6-8-15(9-7-14)26-12(2)22/h3,6-9,13,16H,1,4-5,10-11H2,2H3. The molecule has 1 aliphatic carbocycles. The van der Waals surface area contributed by atoms with Gasteiger partial charge in [0.2, 0.25) is 11.8 Å². The van der Waals surface area contributed by atoms with Crippen LogP contribution in [0.3, 0.4) is 0 Å². The summed E-state index contributed by atoms with van der Waals surface area (Å²) in [6.07, 6.45) is 3.16. The molecule has 1 saturated heterocycles. The van der Waals surface area contributed by atoms with Crippen LogP contribution >= 0.6 is 0 Å². The molecule has 136 valence electrons. The van der Waals surface area contributed by atoms with E-state index in [2.05, 4.69) is 6.58 Å². The van der Waals surface area contributed by atoms with Crippen molar-refractivity contribution in [3.8, 4) is 5.75 Å². The molecule has 0 spiro atoms. The van der Waals surface area contributed by atoms with Crippen molar-refractivity contribution in [3.05, 3.63) is 36.9 Å². The second-order valence-corrected chi connectivity index (χ2v) is 6.43. The molecular weight excluding hydrogens is 336 g/mol. The number of hydrogen-bond donors (Lipinski definition) is 0. The van der Waals surface area contributed by atoms with Gasteiger partial charge in [-0.3, -0.25) is 19.2 Å². The summed E-state index contributed by atoms with van der Waals surface area (Å²) < 4.78 is 4.95. The normalized spacial score (nSPS) is 19.4. The van der Waals surface area contributed by atoms with Gasteiger partial charge in [0.15, 0.2) is 0 Å². The lowest BCUT2D eigenvalue weighted by molar-refractivity contribution is -0.138. The summed E-state index contributed by atoms with van der Waals surface area (Å²) >= 11 is 0. The molecule has 1 heterocycles. The molecule has 0 radical (unpaired) electrons. The predicted octanol–water partition coefficient (Wildman–Crippen LogP) is 1.67. The zero-order chi connectivity index (χ0) is 18.8. The Balaban J connectivity index is 1.80. The fourth-order valence-electron chi connectivity index (χ4n) is 3.03. The van der Waals surface area contributed by atoms with Crippen LogP contribution < -0.4 is 9.64 Å². The molecular formula is C19H20N2O5. The van der Waals surface area contributed by atoms with Crippen molar-refractivity contribution < 1.29 is 23.9 Å². The van der Waals surface area contributed by atoms with Gasteiger partial charge in [-0.2, -0.15) is 0 Å². The lowest BCUT2D eigenvalue weighted by Gasteiger charge is -2.26. The van der Waals surface area contributed by atoms with Crippen LogP contribution in [0.5, 0.6) is 5.75 Å². The van der Waals surface area contributed by atoms with E-state index in [0.717, 1.165) is 17.7 Å². The third-order valence-electron chi connectivity index (χ3n) is 4.39. The number of carbonyl (C=O) groups is 4. The summed E-state index contributed by atoms with van der Waals surface area (Å²) in [6, 6.07) is 5.30. The molecule has 1 unspecified atom stereocenters. The first kappa shape index (κ1) is 17.8. The Hall–Kier alpha value is -2.96. The molecule has 7 nitrogen and oxygen atoms in total. The fraction of sp³-hybridized carbons (Fsp3) is 0.368. The minimum Gasteiger partial charge on any atom is -0.427 e. The van der Waals surface area contributed by atoms with Gasteiger partial charge in [-0.05, 0) is 37.1 Å². The molecule has 1 saturated carbocycles. The van der Waals surface area contributed by atoms with Gasteiger partial charge < -0.3 is 9.64 Å². The van der Waals surface area contributed by atoms with E-state index in [1.165, 1.54) is 36.1 Å².